The van der Waals surface area contributed by atoms with Crippen LogP contribution in [0.3, 0.4) is 0 Å². The maximum atomic E-state index is 12.3. The Balaban J connectivity index is 1.80. The SMILES string of the molecule is CCOC(=O)c1sc(NC(=O)c2nn(-c3ccccc3)c(=O)[nH]2)nc1C. The van der Waals surface area contributed by atoms with Crippen LogP contribution in [0.2, 0.25) is 0 Å². The molecule has 2 N–H and O–H groups in total. The highest BCUT2D eigenvalue weighted by Gasteiger charge is 2.20. The van der Waals surface area contributed by atoms with Gasteiger partial charge in [-0.05, 0) is 26.0 Å². The molecule has 0 fully saturated rings. The Kier molecular flexibility index (Phi) is 4.94. The Labute approximate surface area is 151 Å². The largest absolute Gasteiger partial charge is 0.462 e. The number of nitrogens with one attached hydrogen (secondary N) is 2. The molecule has 0 aliphatic rings. The third-order valence-corrected chi connectivity index (χ3v) is 4.36. The molecule has 0 bridgehead atoms. The third kappa shape index (κ3) is 3.54. The minimum atomic E-state index is -0.638. The van der Waals surface area contributed by atoms with E-state index in [1.54, 1.807) is 44.2 Å². The standard InChI is InChI=1S/C16H15N5O4S/c1-3-25-14(23)11-9(2)17-15(26-11)19-13(22)12-18-16(24)21(20-12)10-7-5-4-6-8-10/h4-8H,3H2,1-2H3,(H,17,19,22)(H,18,20,24). The van der Waals surface area contributed by atoms with Gasteiger partial charge >= 0.3 is 11.7 Å². The van der Waals surface area contributed by atoms with Crippen molar-refractivity contribution in [1.82, 2.24) is 19.7 Å². The number of nitrogens with zero attached hydrogens (tertiary/aromatic N) is 3. The number of hydrogen-bond donors (Lipinski definition) is 2. The molecule has 0 radical (unpaired) electrons. The summed E-state index contributed by atoms with van der Waals surface area (Å²) in [5.41, 5.74) is 0.443. The normalized spacial score (nSPS) is 10.5. The fourth-order valence-electron chi connectivity index (χ4n) is 2.16. The second-order valence-electron chi connectivity index (χ2n) is 5.13. The van der Waals surface area contributed by atoms with Gasteiger partial charge in [0.25, 0.3) is 5.91 Å². The first-order chi connectivity index (χ1) is 12.5. The topological polar surface area (TPSA) is 119 Å². The van der Waals surface area contributed by atoms with E-state index in [1.807, 2.05) is 0 Å². The highest BCUT2D eigenvalue weighted by molar-refractivity contribution is 7.17. The monoisotopic (exact) mass is 373 g/mol. The number of H-pyrrole nitrogens is 1. The van der Waals surface area contributed by atoms with Crippen molar-refractivity contribution in [2.45, 2.75) is 13.8 Å². The van der Waals surface area contributed by atoms with Crippen molar-refractivity contribution in [2.75, 3.05) is 11.9 Å². The van der Waals surface area contributed by atoms with Gasteiger partial charge in [0, 0.05) is 0 Å². The molecule has 0 spiro atoms. The number of anilines is 1. The Morgan fingerprint density at radius 3 is 2.73 bits per heavy atom. The Bertz CT molecular complexity index is 1010. The lowest BCUT2D eigenvalue weighted by molar-refractivity contribution is 0.0531. The number of ether oxygens (including phenoxy) is 1. The summed E-state index contributed by atoms with van der Waals surface area (Å²) < 4.78 is 6.02. The summed E-state index contributed by atoms with van der Waals surface area (Å²) in [5, 5.41) is 6.73. The molecule has 2 aromatic heterocycles. The molecule has 9 nitrogen and oxygen atoms in total. The Hall–Kier alpha value is -3.27. The summed E-state index contributed by atoms with van der Waals surface area (Å²) in [6.07, 6.45) is 0. The number of benzene rings is 1. The average Bonchev–Trinajstić information content (AvgIpc) is 3.19. The number of para-hydroxylation sites is 1. The molecule has 1 aromatic carbocycles. The zero-order valence-corrected chi connectivity index (χ0v) is 14.8. The molecule has 0 saturated carbocycles. The van der Waals surface area contributed by atoms with Crippen LogP contribution in [0.15, 0.2) is 35.1 Å². The van der Waals surface area contributed by atoms with Crippen LogP contribution in [0, 0.1) is 6.92 Å². The van der Waals surface area contributed by atoms with E-state index in [4.69, 9.17) is 4.74 Å². The summed E-state index contributed by atoms with van der Waals surface area (Å²) in [6.45, 7) is 3.59. The molecule has 1 amide bonds. The first kappa shape index (κ1) is 17.5. The van der Waals surface area contributed by atoms with Crippen LogP contribution < -0.4 is 11.0 Å². The molecule has 2 heterocycles. The van der Waals surface area contributed by atoms with Crippen LogP contribution in [0.25, 0.3) is 5.69 Å². The summed E-state index contributed by atoms with van der Waals surface area (Å²) in [6, 6.07) is 8.71. The molecule has 134 valence electrons. The van der Waals surface area contributed by atoms with Crippen LogP contribution in [0.1, 0.15) is 32.9 Å². The van der Waals surface area contributed by atoms with E-state index >= 15 is 0 Å². The van der Waals surface area contributed by atoms with Crippen molar-refractivity contribution in [2.24, 2.45) is 0 Å². The number of aryl methyl sites for hydroxylation is 1. The highest BCUT2D eigenvalue weighted by Crippen LogP contribution is 2.23. The highest BCUT2D eigenvalue weighted by atomic mass is 32.1. The molecule has 0 saturated heterocycles. The van der Waals surface area contributed by atoms with Crippen molar-refractivity contribution >= 4 is 28.3 Å². The van der Waals surface area contributed by atoms with Gasteiger partial charge in [-0.15, -0.1) is 5.10 Å². The van der Waals surface area contributed by atoms with Gasteiger partial charge in [-0.25, -0.2) is 14.6 Å². The van der Waals surface area contributed by atoms with Crippen LogP contribution in [-0.2, 0) is 4.74 Å². The van der Waals surface area contributed by atoms with Gasteiger partial charge in [-0.1, -0.05) is 29.5 Å². The molecular weight excluding hydrogens is 358 g/mol. The van der Waals surface area contributed by atoms with Crippen molar-refractivity contribution in [3.8, 4) is 5.69 Å². The lowest BCUT2D eigenvalue weighted by Crippen LogP contribution is -2.15. The van der Waals surface area contributed by atoms with E-state index in [1.165, 1.54) is 0 Å². The van der Waals surface area contributed by atoms with E-state index in [2.05, 4.69) is 20.4 Å². The number of carbonyl (C=O) groups excluding carboxylic acids is 2. The maximum Gasteiger partial charge on any atom is 0.350 e. The van der Waals surface area contributed by atoms with E-state index < -0.39 is 17.6 Å². The van der Waals surface area contributed by atoms with Crippen LogP contribution in [0.4, 0.5) is 5.13 Å². The number of esters is 1. The first-order valence-electron chi connectivity index (χ1n) is 7.70. The molecule has 0 aliphatic heterocycles. The number of carbonyl (C=O) groups is 2. The van der Waals surface area contributed by atoms with Gasteiger partial charge in [-0.2, -0.15) is 4.68 Å². The zero-order valence-electron chi connectivity index (χ0n) is 14.0. The predicted octanol–water partition coefficient (Wildman–Crippen LogP) is 1.75. The first-order valence-corrected chi connectivity index (χ1v) is 8.52. The van der Waals surface area contributed by atoms with E-state index in [0.29, 0.717) is 16.3 Å². The minimum Gasteiger partial charge on any atom is -0.462 e. The lowest BCUT2D eigenvalue weighted by Gasteiger charge is -1.98. The van der Waals surface area contributed by atoms with Gasteiger partial charge in [0.2, 0.25) is 5.82 Å². The predicted molar refractivity (Wildman–Crippen MR) is 94.9 cm³/mol. The molecular formula is C16H15N5O4S. The second kappa shape index (κ2) is 7.31. The number of thiazole rings is 1. The second-order valence-corrected chi connectivity index (χ2v) is 6.13. The number of amides is 1. The number of aromatic amines is 1. The summed E-state index contributed by atoms with van der Waals surface area (Å²) >= 11 is 0.994. The van der Waals surface area contributed by atoms with Crippen molar-refractivity contribution in [3.05, 3.63) is 57.2 Å². The zero-order chi connectivity index (χ0) is 18.7. The molecule has 3 rings (SSSR count). The van der Waals surface area contributed by atoms with E-state index in [9.17, 15) is 14.4 Å². The molecule has 0 unspecified atom stereocenters. The lowest BCUT2D eigenvalue weighted by atomic mass is 10.3. The van der Waals surface area contributed by atoms with Crippen LogP contribution >= 0.6 is 11.3 Å². The fourth-order valence-corrected chi connectivity index (χ4v) is 3.02. The van der Waals surface area contributed by atoms with E-state index in [0.717, 1.165) is 16.0 Å². The molecule has 3 aromatic rings. The van der Waals surface area contributed by atoms with Gasteiger partial charge in [0.15, 0.2) is 5.13 Å². The number of hydrogen-bond acceptors (Lipinski definition) is 7. The van der Waals surface area contributed by atoms with Crippen LogP contribution in [0.5, 0.6) is 0 Å². The molecule has 10 heteroatoms. The number of aromatic nitrogens is 4. The molecule has 0 aliphatic carbocycles. The van der Waals surface area contributed by atoms with Gasteiger partial charge in [-0.3, -0.25) is 15.1 Å². The number of rotatable bonds is 5. The van der Waals surface area contributed by atoms with Gasteiger partial charge in [0.1, 0.15) is 4.88 Å². The smallest absolute Gasteiger partial charge is 0.350 e. The Morgan fingerprint density at radius 2 is 2.04 bits per heavy atom. The Morgan fingerprint density at radius 1 is 1.31 bits per heavy atom. The van der Waals surface area contributed by atoms with Gasteiger partial charge < -0.3 is 4.74 Å². The van der Waals surface area contributed by atoms with Crippen molar-refractivity contribution in [3.63, 3.8) is 0 Å². The van der Waals surface area contributed by atoms with Crippen molar-refractivity contribution in [1.29, 1.82) is 0 Å². The van der Waals surface area contributed by atoms with Crippen LogP contribution in [-0.4, -0.2) is 38.2 Å². The third-order valence-electron chi connectivity index (χ3n) is 3.31. The minimum absolute atomic E-state index is 0.163. The summed E-state index contributed by atoms with van der Waals surface area (Å²) in [7, 11) is 0. The molecule has 26 heavy (non-hydrogen) atoms. The van der Waals surface area contributed by atoms with Crippen molar-refractivity contribution < 1.29 is 14.3 Å². The van der Waals surface area contributed by atoms with E-state index in [-0.39, 0.29) is 17.6 Å². The maximum absolute atomic E-state index is 12.3. The summed E-state index contributed by atoms with van der Waals surface area (Å²) in [4.78, 5) is 43.0. The van der Waals surface area contributed by atoms with Gasteiger partial charge in [0.05, 0.1) is 18.0 Å². The quantitative estimate of drug-likeness (QED) is 0.658. The average molecular weight is 373 g/mol. The fraction of sp³-hybridized carbons (Fsp3) is 0.188. The molecule has 0 atom stereocenters. The summed E-state index contributed by atoms with van der Waals surface area (Å²) in [5.74, 6) is -1.30.